The van der Waals surface area contributed by atoms with Gasteiger partial charge in [0, 0.05) is 11.1 Å². The molecule has 2 heterocycles. The zero-order chi connectivity index (χ0) is 52.0. The highest BCUT2D eigenvalue weighted by atomic mass is 28.4. The summed E-state index contributed by atoms with van der Waals surface area (Å²) in [6.45, 7) is 58.2. The van der Waals surface area contributed by atoms with Gasteiger partial charge in [0.2, 0.25) is 0 Å². The number of benzene rings is 1. The Morgan fingerprint density at radius 3 is 0.632 bits per heavy atom. The number of likely N-dealkylation sites (tertiary alicyclic amines) is 2. The first-order chi connectivity index (χ1) is 31.5. The van der Waals surface area contributed by atoms with Crippen molar-refractivity contribution in [3.8, 4) is 0 Å². The lowest BCUT2D eigenvalue weighted by molar-refractivity contribution is 0.0522. The number of hydrogen-bond donors (Lipinski definition) is 0. The molecule has 0 saturated carbocycles. The number of nitrogens with zero attached hydrogens (tertiary/aromatic N) is 2. The van der Waals surface area contributed by atoms with Crippen molar-refractivity contribution >= 4 is 45.1 Å². The molecule has 68 heavy (non-hydrogen) atoms. The number of carbonyl (C=O) groups excluding carboxylic acids is 2. The molecule has 0 unspecified atom stereocenters. The smallest absolute Gasteiger partial charge is 0.254 e. The Labute approximate surface area is 424 Å². The van der Waals surface area contributed by atoms with Crippen LogP contribution < -0.4 is 0 Å². The van der Waals surface area contributed by atoms with Gasteiger partial charge in [-0.1, -0.05) is 166 Å². The highest BCUT2D eigenvalue weighted by Crippen LogP contribution is 2.47. The summed E-state index contributed by atoms with van der Waals surface area (Å²) in [6, 6.07) is 7.45. The van der Waals surface area contributed by atoms with E-state index in [-0.39, 0.29) is 36.0 Å². The largest absolute Gasteiger partial charge is 0.414 e. The minimum absolute atomic E-state index is 0.00829. The fraction of sp³-hybridized carbons (Fsp3) is 0.857. The molecule has 1 aromatic carbocycles. The Kier molecular flexibility index (Phi) is 22.7. The van der Waals surface area contributed by atoms with E-state index in [1.807, 2.05) is 24.3 Å². The molecule has 1 aromatic rings. The highest BCUT2D eigenvalue weighted by molar-refractivity contribution is 6.79. The van der Waals surface area contributed by atoms with Crippen molar-refractivity contribution in [2.45, 2.75) is 283 Å². The summed E-state index contributed by atoms with van der Waals surface area (Å²) in [5.41, 5.74) is 6.68. The second-order valence-corrected chi connectivity index (χ2v) is 47.1. The molecule has 0 aromatic heterocycles. The zero-order valence-electron chi connectivity index (χ0n) is 48.5. The number of rotatable bonds is 26. The summed E-state index contributed by atoms with van der Waals surface area (Å²) < 4.78 is 29.0. The van der Waals surface area contributed by atoms with Crippen LogP contribution in [0.15, 0.2) is 24.3 Å². The van der Waals surface area contributed by atoms with E-state index in [9.17, 15) is 0 Å². The molecule has 2 fully saturated rings. The molecule has 0 aliphatic carbocycles. The lowest BCUT2D eigenvalue weighted by Crippen LogP contribution is -2.53. The van der Waals surface area contributed by atoms with Gasteiger partial charge in [-0.3, -0.25) is 9.59 Å². The SMILES string of the molecule is CC(C)[Si](OC[C@H]1CC[C@H](CO[Si](C(C)C)(C(C)C)C(C)C)N1C(=O)c1ccc(C(=O)N2[C@@H](CO[Si](C(C)C)(C(C)C)C(C)C)CC[C@@H]2CO[Si](C(C)C)(C(C)C)C(C)C)cc1)(C(C)C)C(C)C. The van der Waals surface area contributed by atoms with Crippen LogP contribution in [0.5, 0.6) is 0 Å². The van der Waals surface area contributed by atoms with E-state index in [4.69, 9.17) is 17.7 Å². The Morgan fingerprint density at radius 1 is 0.353 bits per heavy atom. The molecule has 0 N–H and O–H groups in total. The third kappa shape index (κ3) is 12.3. The van der Waals surface area contributed by atoms with Crippen molar-refractivity contribution in [3.05, 3.63) is 35.4 Å². The maximum absolute atomic E-state index is 15.2. The molecule has 2 amide bonds. The van der Waals surface area contributed by atoms with Crippen molar-refractivity contribution in [2.24, 2.45) is 0 Å². The van der Waals surface area contributed by atoms with Gasteiger partial charge in [0.05, 0.1) is 50.6 Å². The van der Waals surface area contributed by atoms with E-state index < -0.39 is 33.3 Å². The summed E-state index contributed by atoms with van der Waals surface area (Å²) in [4.78, 5) is 34.6. The maximum Gasteiger partial charge on any atom is 0.254 e. The first-order valence-electron chi connectivity index (χ1n) is 27.8. The monoisotopic (exact) mass is 1020 g/mol. The van der Waals surface area contributed by atoms with Crippen LogP contribution in [0, 0.1) is 0 Å². The van der Waals surface area contributed by atoms with Crippen molar-refractivity contribution in [3.63, 3.8) is 0 Å². The molecule has 2 saturated heterocycles. The third-order valence-corrected chi connectivity index (χ3v) is 42.3. The van der Waals surface area contributed by atoms with E-state index >= 15 is 9.59 Å². The predicted molar refractivity (Wildman–Crippen MR) is 300 cm³/mol. The molecule has 394 valence electrons. The highest BCUT2D eigenvalue weighted by Gasteiger charge is 2.51. The number of carbonyl (C=O) groups is 2. The van der Waals surface area contributed by atoms with Gasteiger partial charge >= 0.3 is 0 Å². The summed E-state index contributed by atoms with van der Waals surface area (Å²) >= 11 is 0. The fourth-order valence-corrected chi connectivity index (χ4v) is 37.2. The molecule has 2 aliphatic rings. The molecule has 8 nitrogen and oxygen atoms in total. The van der Waals surface area contributed by atoms with Crippen molar-refractivity contribution in [1.82, 2.24) is 9.80 Å². The molecule has 12 heteroatoms. The molecule has 3 rings (SSSR count). The summed E-state index contributed by atoms with van der Waals surface area (Å²) in [6.07, 6.45) is 3.55. The van der Waals surface area contributed by atoms with Gasteiger partial charge in [0.15, 0.2) is 33.3 Å². The topological polar surface area (TPSA) is 77.5 Å². The first-order valence-corrected chi connectivity index (χ1v) is 36.3. The van der Waals surface area contributed by atoms with Crippen molar-refractivity contribution < 1.29 is 27.3 Å². The minimum atomic E-state index is -2.18. The van der Waals surface area contributed by atoms with Crippen LogP contribution in [-0.4, -0.2) is 105 Å². The molecule has 4 atom stereocenters. The molecule has 2 aliphatic heterocycles. The zero-order valence-corrected chi connectivity index (χ0v) is 52.5. The van der Waals surface area contributed by atoms with Gasteiger partial charge in [-0.15, -0.1) is 0 Å². The Balaban J connectivity index is 2.08. The number of amides is 2. The molecule has 0 bridgehead atoms. The Bertz CT molecular complexity index is 1410. The van der Waals surface area contributed by atoms with E-state index in [0.717, 1.165) is 25.7 Å². The van der Waals surface area contributed by atoms with Crippen LogP contribution in [0.25, 0.3) is 0 Å². The summed E-state index contributed by atoms with van der Waals surface area (Å²) in [5.74, 6) is 0.0166. The summed E-state index contributed by atoms with van der Waals surface area (Å²) in [7, 11) is -8.74. The maximum atomic E-state index is 15.2. The predicted octanol–water partition coefficient (Wildman–Crippen LogP) is 16.4. The Morgan fingerprint density at radius 2 is 0.500 bits per heavy atom. The van der Waals surface area contributed by atoms with Gasteiger partial charge in [-0.25, -0.2) is 0 Å². The van der Waals surface area contributed by atoms with Crippen LogP contribution in [0.3, 0.4) is 0 Å². The van der Waals surface area contributed by atoms with Crippen LogP contribution in [-0.2, 0) is 17.7 Å². The van der Waals surface area contributed by atoms with E-state index in [1.54, 1.807) is 0 Å². The van der Waals surface area contributed by atoms with Crippen molar-refractivity contribution in [2.75, 3.05) is 26.4 Å². The van der Waals surface area contributed by atoms with Crippen molar-refractivity contribution in [1.29, 1.82) is 0 Å². The lowest BCUT2D eigenvalue weighted by atomic mass is 10.1. The van der Waals surface area contributed by atoms with Gasteiger partial charge in [-0.2, -0.15) is 0 Å². The van der Waals surface area contributed by atoms with Crippen LogP contribution >= 0.6 is 0 Å². The van der Waals surface area contributed by atoms with E-state index in [2.05, 4.69) is 176 Å². The van der Waals surface area contributed by atoms with Gasteiger partial charge < -0.3 is 27.5 Å². The average Bonchev–Trinajstić information content (AvgIpc) is 3.83. The average molecular weight is 1020 g/mol. The lowest BCUT2D eigenvalue weighted by Gasteiger charge is -2.44. The molecule has 0 spiro atoms. The van der Waals surface area contributed by atoms with Crippen LogP contribution in [0.2, 0.25) is 66.5 Å². The van der Waals surface area contributed by atoms with Gasteiger partial charge in [0.1, 0.15) is 0 Å². The molecular weight excluding hydrogens is 909 g/mol. The van der Waals surface area contributed by atoms with E-state index in [0.29, 0.717) is 104 Å². The van der Waals surface area contributed by atoms with E-state index in [1.165, 1.54) is 0 Å². The molecule has 0 radical (unpaired) electrons. The van der Waals surface area contributed by atoms with Crippen LogP contribution in [0.1, 0.15) is 213 Å². The summed E-state index contributed by atoms with van der Waals surface area (Å²) in [5, 5.41) is 0. The number of hydrogen-bond acceptors (Lipinski definition) is 6. The Hall–Kier alpha value is -1.13. The standard InChI is InChI=1S/C56H108N2O6Si4/c1-37(2)65(38(3)4,39(5)6)61-33-51-29-30-52(34-62-66(40(7)8,41(9)10)42(11)12)57(51)55(59)49-25-27-50(28-26-49)56(60)58-53(35-63-67(43(13)14,44(15)16)45(17)18)31-32-54(58)36-64-68(46(19)20,47(21)22)48(23)24/h25-28,37-48,51-54H,29-36H2,1-24H3/t51-,52-,53-,54-/m1/s1. The molecular formula is C56H108N2O6Si4. The first kappa shape index (κ1) is 61.2. The fourth-order valence-electron chi connectivity index (χ4n) is 15.3. The quantitative estimate of drug-likeness (QED) is 0.0861. The normalized spacial score (nSPS) is 20.5. The van der Waals surface area contributed by atoms with Gasteiger partial charge in [0.25, 0.3) is 11.8 Å². The second kappa shape index (κ2) is 25.2. The van der Waals surface area contributed by atoms with Gasteiger partial charge in [-0.05, 0) is 116 Å². The van der Waals surface area contributed by atoms with Crippen LogP contribution in [0.4, 0.5) is 0 Å². The minimum Gasteiger partial charge on any atom is -0.414 e. The third-order valence-electron chi connectivity index (χ3n) is 18.0. The second-order valence-electron chi connectivity index (χ2n) is 25.3.